The molecule has 0 radical (unpaired) electrons. The molecular formula is C17H15F3N2O2. The number of fused-ring (bicyclic) bond motifs is 1. The average Bonchev–Trinajstić information content (AvgIpc) is 2.53. The Morgan fingerprint density at radius 2 is 2.04 bits per heavy atom. The number of rotatable bonds is 3. The monoisotopic (exact) mass is 336 g/mol. The molecule has 1 N–H and O–H groups in total. The van der Waals surface area contributed by atoms with Gasteiger partial charge in [0.2, 0.25) is 0 Å². The predicted octanol–water partition coefficient (Wildman–Crippen LogP) is 3.11. The summed E-state index contributed by atoms with van der Waals surface area (Å²) in [6.07, 6.45) is -2.63. The molecule has 1 aromatic carbocycles. The first-order valence-corrected chi connectivity index (χ1v) is 7.40. The summed E-state index contributed by atoms with van der Waals surface area (Å²) in [5.41, 5.74) is 1.12. The SMILES string of the molecule is O=C(O)[C@H]1Cc2ccc(C(F)(F)F)cc2CN1Cc1ccccn1. The standard InChI is InChI=1S/C17H15F3N2O2/c18-17(19,20)13-5-4-11-8-15(16(23)24)22(9-12(11)7-13)10-14-3-1-2-6-21-14/h1-7,15H,8-10H2,(H,23,24)/t15-/m1/s1. The van der Waals surface area contributed by atoms with Gasteiger partial charge >= 0.3 is 12.1 Å². The van der Waals surface area contributed by atoms with Crippen LogP contribution < -0.4 is 0 Å². The molecule has 0 unspecified atom stereocenters. The number of aromatic nitrogens is 1. The van der Waals surface area contributed by atoms with Crippen LogP contribution in [-0.4, -0.2) is 27.0 Å². The van der Waals surface area contributed by atoms with Crippen molar-refractivity contribution in [3.8, 4) is 0 Å². The van der Waals surface area contributed by atoms with Gasteiger partial charge in [-0.25, -0.2) is 0 Å². The second-order valence-electron chi connectivity index (χ2n) is 5.77. The first-order chi connectivity index (χ1) is 11.3. The van der Waals surface area contributed by atoms with E-state index >= 15 is 0 Å². The van der Waals surface area contributed by atoms with Crippen LogP contribution in [0.2, 0.25) is 0 Å². The first-order valence-electron chi connectivity index (χ1n) is 7.40. The van der Waals surface area contributed by atoms with E-state index in [1.807, 2.05) is 0 Å². The van der Waals surface area contributed by atoms with Crippen molar-refractivity contribution in [3.63, 3.8) is 0 Å². The number of benzene rings is 1. The van der Waals surface area contributed by atoms with Gasteiger partial charge < -0.3 is 5.11 Å². The summed E-state index contributed by atoms with van der Waals surface area (Å²) >= 11 is 0. The van der Waals surface area contributed by atoms with Crippen LogP contribution in [0.1, 0.15) is 22.4 Å². The summed E-state index contributed by atoms with van der Waals surface area (Å²) in [6.45, 7) is 0.417. The Morgan fingerprint density at radius 3 is 2.67 bits per heavy atom. The topological polar surface area (TPSA) is 53.4 Å². The van der Waals surface area contributed by atoms with Gasteiger partial charge in [-0.1, -0.05) is 12.1 Å². The van der Waals surface area contributed by atoms with E-state index in [-0.39, 0.29) is 19.5 Å². The molecule has 2 aromatic rings. The quantitative estimate of drug-likeness (QED) is 0.936. The van der Waals surface area contributed by atoms with Crippen LogP contribution in [0.5, 0.6) is 0 Å². The molecule has 1 aliphatic rings. The maximum atomic E-state index is 12.9. The second kappa shape index (κ2) is 6.24. The smallest absolute Gasteiger partial charge is 0.416 e. The molecule has 7 heteroatoms. The minimum Gasteiger partial charge on any atom is -0.480 e. The van der Waals surface area contributed by atoms with E-state index < -0.39 is 23.8 Å². The van der Waals surface area contributed by atoms with Gasteiger partial charge in [-0.3, -0.25) is 14.7 Å². The van der Waals surface area contributed by atoms with Gasteiger partial charge in [-0.15, -0.1) is 0 Å². The third-order valence-electron chi connectivity index (χ3n) is 4.14. The molecule has 126 valence electrons. The molecular weight excluding hydrogens is 321 g/mol. The highest BCUT2D eigenvalue weighted by molar-refractivity contribution is 5.74. The summed E-state index contributed by atoms with van der Waals surface area (Å²) in [6, 6.07) is 8.02. The molecule has 1 atom stereocenters. The van der Waals surface area contributed by atoms with Gasteiger partial charge in [-0.2, -0.15) is 13.2 Å². The van der Waals surface area contributed by atoms with Crippen LogP contribution in [0.4, 0.5) is 13.2 Å². The molecule has 0 saturated carbocycles. The largest absolute Gasteiger partial charge is 0.480 e. The zero-order chi connectivity index (χ0) is 17.3. The highest BCUT2D eigenvalue weighted by atomic mass is 19.4. The summed E-state index contributed by atoms with van der Waals surface area (Å²) in [5, 5.41) is 9.45. The molecule has 0 fully saturated rings. The van der Waals surface area contributed by atoms with E-state index in [0.717, 1.165) is 12.1 Å². The Morgan fingerprint density at radius 1 is 1.25 bits per heavy atom. The van der Waals surface area contributed by atoms with E-state index in [2.05, 4.69) is 4.98 Å². The van der Waals surface area contributed by atoms with Gasteiger partial charge in [0.25, 0.3) is 0 Å². The number of halogens is 3. The molecule has 0 spiro atoms. The van der Waals surface area contributed by atoms with Crippen LogP contribution in [-0.2, 0) is 30.5 Å². The van der Waals surface area contributed by atoms with Crippen LogP contribution in [0.25, 0.3) is 0 Å². The van der Waals surface area contributed by atoms with Gasteiger partial charge in [0.1, 0.15) is 6.04 Å². The van der Waals surface area contributed by atoms with Gasteiger partial charge in [0, 0.05) is 19.3 Å². The lowest BCUT2D eigenvalue weighted by atomic mass is 9.92. The van der Waals surface area contributed by atoms with Gasteiger partial charge in [0.05, 0.1) is 11.3 Å². The van der Waals surface area contributed by atoms with E-state index in [4.69, 9.17) is 0 Å². The van der Waals surface area contributed by atoms with Crippen molar-refractivity contribution in [1.82, 2.24) is 9.88 Å². The lowest BCUT2D eigenvalue weighted by molar-refractivity contribution is -0.144. The number of carboxylic acids is 1. The van der Waals surface area contributed by atoms with E-state index in [9.17, 15) is 23.1 Å². The Hall–Kier alpha value is -2.41. The summed E-state index contributed by atoms with van der Waals surface area (Å²) in [7, 11) is 0. The summed E-state index contributed by atoms with van der Waals surface area (Å²) in [5.74, 6) is -0.989. The maximum absolute atomic E-state index is 12.9. The predicted molar refractivity (Wildman–Crippen MR) is 80.1 cm³/mol. The van der Waals surface area contributed by atoms with Crippen LogP contribution >= 0.6 is 0 Å². The number of nitrogens with zero attached hydrogens (tertiary/aromatic N) is 2. The summed E-state index contributed by atoms with van der Waals surface area (Å²) in [4.78, 5) is 17.4. The zero-order valence-corrected chi connectivity index (χ0v) is 12.6. The number of pyridine rings is 1. The maximum Gasteiger partial charge on any atom is 0.416 e. The normalized spacial score (nSPS) is 18.2. The zero-order valence-electron chi connectivity index (χ0n) is 12.6. The van der Waals surface area contributed by atoms with Crippen molar-refractivity contribution in [1.29, 1.82) is 0 Å². The molecule has 0 aliphatic carbocycles. The molecule has 2 heterocycles. The van der Waals surface area contributed by atoms with Crippen molar-refractivity contribution in [2.24, 2.45) is 0 Å². The van der Waals surface area contributed by atoms with Crippen LogP contribution in [0, 0.1) is 0 Å². The average molecular weight is 336 g/mol. The van der Waals surface area contributed by atoms with E-state index in [0.29, 0.717) is 16.8 Å². The fraction of sp³-hybridized carbons (Fsp3) is 0.294. The minimum absolute atomic E-state index is 0.146. The second-order valence-corrected chi connectivity index (χ2v) is 5.77. The van der Waals surface area contributed by atoms with Crippen molar-refractivity contribution >= 4 is 5.97 Å². The highest BCUT2D eigenvalue weighted by Gasteiger charge is 2.35. The number of hydrogen-bond acceptors (Lipinski definition) is 3. The number of aliphatic carboxylic acids is 1. The van der Waals surface area contributed by atoms with E-state index in [1.165, 1.54) is 6.07 Å². The lowest BCUT2D eigenvalue weighted by Crippen LogP contribution is -2.45. The molecule has 0 saturated heterocycles. The van der Waals surface area contributed by atoms with Crippen molar-refractivity contribution in [2.75, 3.05) is 0 Å². The third-order valence-corrected chi connectivity index (χ3v) is 4.14. The first kappa shape index (κ1) is 16.4. The Bertz CT molecular complexity index is 747. The Labute approximate surface area is 136 Å². The third kappa shape index (κ3) is 3.41. The molecule has 0 amide bonds. The fourth-order valence-corrected chi connectivity index (χ4v) is 2.92. The Balaban J connectivity index is 1.91. The summed E-state index contributed by atoms with van der Waals surface area (Å²) < 4.78 is 38.7. The number of hydrogen-bond donors (Lipinski definition) is 1. The number of alkyl halides is 3. The Kier molecular flexibility index (Phi) is 4.28. The number of carboxylic acid groups (broad SMARTS) is 1. The van der Waals surface area contributed by atoms with Crippen LogP contribution in [0.3, 0.4) is 0 Å². The van der Waals surface area contributed by atoms with Gasteiger partial charge in [-0.05, 0) is 41.8 Å². The van der Waals surface area contributed by atoms with Crippen molar-refractivity contribution in [3.05, 3.63) is 65.0 Å². The molecule has 1 aliphatic heterocycles. The molecule has 24 heavy (non-hydrogen) atoms. The van der Waals surface area contributed by atoms with Crippen LogP contribution in [0.15, 0.2) is 42.6 Å². The molecule has 3 rings (SSSR count). The molecule has 4 nitrogen and oxygen atoms in total. The van der Waals surface area contributed by atoms with E-state index in [1.54, 1.807) is 29.3 Å². The highest BCUT2D eigenvalue weighted by Crippen LogP contribution is 2.33. The lowest BCUT2D eigenvalue weighted by Gasteiger charge is -2.34. The molecule has 0 bridgehead atoms. The van der Waals surface area contributed by atoms with Crippen molar-refractivity contribution < 1.29 is 23.1 Å². The van der Waals surface area contributed by atoms with Crippen molar-refractivity contribution in [2.45, 2.75) is 31.7 Å². The van der Waals surface area contributed by atoms with Gasteiger partial charge in [0.15, 0.2) is 0 Å². The minimum atomic E-state index is -4.41. The fourth-order valence-electron chi connectivity index (χ4n) is 2.92. The number of carbonyl (C=O) groups is 1. The molecule has 1 aromatic heterocycles.